The molecular weight excluding hydrogens is 202 g/mol. The minimum absolute atomic E-state index is 0.0462. The largest absolute Gasteiger partial charge is 0.342 e. The van der Waals surface area contributed by atoms with E-state index in [9.17, 15) is 4.79 Å². The van der Waals surface area contributed by atoms with Gasteiger partial charge in [0.1, 0.15) is 0 Å². The van der Waals surface area contributed by atoms with Gasteiger partial charge in [-0.1, -0.05) is 0 Å². The molecule has 1 aliphatic heterocycles. The maximum Gasteiger partial charge on any atom is 0.239 e. The van der Waals surface area contributed by atoms with Crippen molar-refractivity contribution in [1.82, 2.24) is 15.1 Å². The van der Waals surface area contributed by atoms with Crippen molar-refractivity contribution in [3.05, 3.63) is 0 Å². The van der Waals surface area contributed by atoms with E-state index in [0.29, 0.717) is 11.9 Å². The maximum absolute atomic E-state index is 12.3. The van der Waals surface area contributed by atoms with Gasteiger partial charge in [0.2, 0.25) is 5.91 Å². The van der Waals surface area contributed by atoms with Crippen LogP contribution < -0.4 is 5.32 Å². The number of hydrogen-bond donors (Lipinski definition) is 1. The second kappa shape index (κ2) is 6.21. The highest BCUT2D eigenvalue weighted by molar-refractivity contribution is 5.82. The van der Waals surface area contributed by atoms with Crippen molar-refractivity contribution >= 4 is 5.91 Å². The van der Waals surface area contributed by atoms with Crippen molar-refractivity contribution in [2.75, 3.05) is 33.7 Å². The smallest absolute Gasteiger partial charge is 0.239 e. The topological polar surface area (TPSA) is 35.6 Å². The first-order chi connectivity index (χ1) is 7.61. The summed E-state index contributed by atoms with van der Waals surface area (Å²) in [6, 6.07) is 0.534. The van der Waals surface area contributed by atoms with Crippen molar-refractivity contribution in [2.24, 2.45) is 0 Å². The summed E-state index contributed by atoms with van der Waals surface area (Å²) in [5.74, 6) is 0.296. The lowest BCUT2D eigenvalue weighted by atomic mass is 10.1. The molecule has 1 N–H and O–H groups in total. The average Bonchev–Trinajstić information content (AvgIpc) is 2.38. The molecular formula is C12H25N3O. The van der Waals surface area contributed by atoms with Crippen LogP contribution >= 0.6 is 0 Å². The summed E-state index contributed by atoms with van der Waals surface area (Å²) in [7, 11) is 4.00. The van der Waals surface area contributed by atoms with Crippen LogP contribution in [0.1, 0.15) is 26.7 Å². The molecule has 1 heterocycles. The van der Waals surface area contributed by atoms with Gasteiger partial charge >= 0.3 is 0 Å². The first kappa shape index (κ1) is 13.5. The third-order valence-electron chi connectivity index (χ3n) is 3.65. The predicted molar refractivity (Wildman–Crippen MR) is 66.4 cm³/mol. The first-order valence-electron chi connectivity index (χ1n) is 6.27. The van der Waals surface area contributed by atoms with Gasteiger partial charge in [0, 0.05) is 19.1 Å². The van der Waals surface area contributed by atoms with Crippen LogP contribution in [0.15, 0.2) is 0 Å². The molecule has 0 aromatic heterocycles. The number of amides is 1. The number of carbonyl (C=O) groups is 1. The van der Waals surface area contributed by atoms with Crippen molar-refractivity contribution in [3.8, 4) is 0 Å². The molecule has 0 radical (unpaired) electrons. The first-order valence-corrected chi connectivity index (χ1v) is 6.27. The number of nitrogens with one attached hydrogen (secondary N) is 1. The minimum atomic E-state index is 0.0462. The summed E-state index contributed by atoms with van der Waals surface area (Å²) in [4.78, 5) is 16.5. The Kier molecular flexibility index (Phi) is 5.22. The predicted octanol–water partition coefficient (Wildman–Crippen LogP) is 0.537. The van der Waals surface area contributed by atoms with Crippen LogP contribution in [-0.2, 0) is 4.79 Å². The van der Waals surface area contributed by atoms with Gasteiger partial charge in [0.25, 0.3) is 0 Å². The van der Waals surface area contributed by atoms with Crippen LogP contribution in [0.5, 0.6) is 0 Å². The van der Waals surface area contributed by atoms with Crippen molar-refractivity contribution in [2.45, 2.75) is 38.8 Å². The summed E-state index contributed by atoms with van der Waals surface area (Å²) in [6.07, 6.45) is 1.97. The highest BCUT2D eigenvalue weighted by Crippen LogP contribution is 2.17. The number of nitrogens with zero attached hydrogens (tertiary/aromatic N) is 2. The van der Waals surface area contributed by atoms with Gasteiger partial charge in [-0.3, -0.25) is 9.69 Å². The Balaban J connectivity index is 2.75. The molecule has 1 aliphatic rings. The lowest BCUT2D eigenvalue weighted by molar-refractivity contribution is -0.135. The summed E-state index contributed by atoms with van der Waals surface area (Å²) < 4.78 is 0. The van der Waals surface area contributed by atoms with E-state index in [0.717, 1.165) is 32.5 Å². The second-order valence-corrected chi connectivity index (χ2v) is 4.63. The Morgan fingerprint density at radius 2 is 2.19 bits per heavy atom. The number of likely N-dealkylation sites (N-methyl/N-ethyl adjacent to an activating group) is 2. The highest BCUT2D eigenvalue weighted by atomic mass is 16.2. The molecule has 1 saturated heterocycles. The Morgan fingerprint density at radius 1 is 1.50 bits per heavy atom. The van der Waals surface area contributed by atoms with Crippen LogP contribution in [0, 0.1) is 0 Å². The number of rotatable bonds is 4. The molecule has 4 heteroatoms. The minimum Gasteiger partial charge on any atom is -0.342 e. The molecule has 2 unspecified atom stereocenters. The summed E-state index contributed by atoms with van der Waals surface area (Å²) in [6.45, 7) is 6.89. The highest BCUT2D eigenvalue weighted by Gasteiger charge is 2.32. The molecule has 0 aromatic carbocycles. The van der Waals surface area contributed by atoms with Gasteiger partial charge in [-0.25, -0.2) is 0 Å². The monoisotopic (exact) mass is 227 g/mol. The zero-order valence-corrected chi connectivity index (χ0v) is 11.0. The van der Waals surface area contributed by atoms with Crippen molar-refractivity contribution in [3.63, 3.8) is 0 Å². The summed E-state index contributed by atoms with van der Waals surface area (Å²) in [5, 5.41) is 3.13. The van der Waals surface area contributed by atoms with Gasteiger partial charge in [-0.2, -0.15) is 0 Å². The van der Waals surface area contributed by atoms with Gasteiger partial charge in [-0.05, 0) is 47.3 Å². The Labute approximate surface area is 99.0 Å². The van der Waals surface area contributed by atoms with Gasteiger partial charge < -0.3 is 10.2 Å². The van der Waals surface area contributed by atoms with Crippen LogP contribution in [0.25, 0.3) is 0 Å². The normalized spacial score (nSPS) is 28.2. The summed E-state index contributed by atoms with van der Waals surface area (Å²) >= 11 is 0. The molecule has 1 rings (SSSR count). The maximum atomic E-state index is 12.3. The molecule has 0 aliphatic carbocycles. The molecule has 0 aromatic rings. The standard InChI is InChI=1S/C12H25N3O/c1-5-15-9-7-10(2)14(4)11(12(15)16)6-8-13-3/h10-11,13H,5-9H2,1-4H3. The zero-order valence-electron chi connectivity index (χ0n) is 11.0. The average molecular weight is 227 g/mol. The lowest BCUT2D eigenvalue weighted by Gasteiger charge is -2.30. The van der Waals surface area contributed by atoms with Crippen molar-refractivity contribution < 1.29 is 4.79 Å². The zero-order chi connectivity index (χ0) is 12.1. The van der Waals surface area contributed by atoms with E-state index < -0.39 is 0 Å². The molecule has 0 saturated carbocycles. The van der Waals surface area contributed by atoms with Gasteiger partial charge in [-0.15, -0.1) is 0 Å². The van der Waals surface area contributed by atoms with E-state index in [1.165, 1.54) is 0 Å². The summed E-state index contributed by atoms with van der Waals surface area (Å²) in [5.41, 5.74) is 0. The Bertz CT molecular complexity index is 232. The van der Waals surface area contributed by atoms with Crippen LogP contribution in [-0.4, -0.2) is 61.5 Å². The lowest BCUT2D eigenvalue weighted by Crippen LogP contribution is -2.47. The quantitative estimate of drug-likeness (QED) is 0.761. The molecule has 1 amide bonds. The Hall–Kier alpha value is -0.610. The third-order valence-corrected chi connectivity index (χ3v) is 3.65. The van der Waals surface area contributed by atoms with Crippen molar-refractivity contribution in [1.29, 1.82) is 0 Å². The fourth-order valence-corrected chi connectivity index (χ4v) is 2.27. The molecule has 0 spiro atoms. The molecule has 16 heavy (non-hydrogen) atoms. The van der Waals surface area contributed by atoms with E-state index in [1.807, 2.05) is 11.9 Å². The van der Waals surface area contributed by atoms with E-state index in [4.69, 9.17) is 0 Å². The molecule has 4 nitrogen and oxygen atoms in total. The van der Waals surface area contributed by atoms with Crippen LogP contribution in [0.3, 0.4) is 0 Å². The van der Waals surface area contributed by atoms with E-state index in [2.05, 4.69) is 31.1 Å². The van der Waals surface area contributed by atoms with E-state index in [1.54, 1.807) is 0 Å². The van der Waals surface area contributed by atoms with Gasteiger partial charge in [0.15, 0.2) is 0 Å². The molecule has 1 fully saturated rings. The molecule has 94 valence electrons. The third kappa shape index (κ3) is 2.95. The molecule has 0 bridgehead atoms. The van der Waals surface area contributed by atoms with Crippen LogP contribution in [0.2, 0.25) is 0 Å². The van der Waals surface area contributed by atoms with E-state index in [-0.39, 0.29) is 6.04 Å². The van der Waals surface area contributed by atoms with Crippen LogP contribution in [0.4, 0.5) is 0 Å². The van der Waals surface area contributed by atoms with E-state index >= 15 is 0 Å². The SMILES string of the molecule is CCN1CCC(C)N(C)C(CCNC)C1=O. The fraction of sp³-hybridized carbons (Fsp3) is 0.917. The van der Waals surface area contributed by atoms with Gasteiger partial charge in [0.05, 0.1) is 6.04 Å². The number of hydrogen-bond acceptors (Lipinski definition) is 3. The fourth-order valence-electron chi connectivity index (χ4n) is 2.27. The Morgan fingerprint density at radius 3 is 2.75 bits per heavy atom. The second-order valence-electron chi connectivity index (χ2n) is 4.63. The molecule has 2 atom stereocenters. The number of carbonyl (C=O) groups excluding carboxylic acids is 1.